The summed E-state index contributed by atoms with van der Waals surface area (Å²) in [6.45, 7) is 3.41. The van der Waals surface area contributed by atoms with Crippen molar-refractivity contribution in [1.82, 2.24) is 0 Å². The molecule has 0 aliphatic carbocycles. The maximum Gasteiger partial charge on any atom is 0.131 e. The number of hydrogen-bond donors (Lipinski definition) is 2. The van der Waals surface area contributed by atoms with Crippen molar-refractivity contribution in [2.45, 2.75) is 31.2 Å². The minimum atomic E-state index is -0.0197. The first-order valence-corrected chi connectivity index (χ1v) is 9.93. The molecule has 2 heterocycles. The highest BCUT2D eigenvalue weighted by Gasteiger charge is 2.38. The van der Waals surface area contributed by atoms with Crippen molar-refractivity contribution in [3.63, 3.8) is 0 Å². The molecule has 4 heteroatoms. The number of aliphatic imine (C=N–C) groups is 1. The third kappa shape index (κ3) is 3.44. The van der Waals surface area contributed by atoms with Gasteiger partial charge in [0, 0.05) is 10.4 Å². The lowest BCUT2D eigenvalue weighted by Crippen LogP contribution is -3.13. The average molecular weight is 366 g/mol. The van der Waals surface area contributed by atoms with Gasteiger partial charge >= 0.3 is 0 Å². The Morgan fingerprint density at radius 1 is 0.962 bits per heavy atom. The fourth-order valence-electron chi connectivity index (χ4n) is 4.19. The van der Waals surface area contributed by atoms with E-state index in [2.05, 4.69) is 12.1 Å². The smallest absolute Gasteiger partial charge is 0.131 e. The summed E-state index contributed by atoms with van der Waals surface area (Å²) in [5, 5.41) is 10.4. The molecule has 2 aromatic carbocycles. The molecule has 3 nitrogen and oxygen atoms in total. The summed E-state index contributed by atoms with van der Waals surface area (Å²) in [4.78, 5) is 7.65. The first-order chi connectivity index (χ1) is 12.7. The van der Waals surface area contributed by atoms with Crippen LogP contribution in [-0.2, 0) is 0 Å². The molecule has 2 aliphatic rings. The molecule has 0 unspecified atom stereocenters. The zero-order valence-corrected chi connectivity index (χ0v) is 15.7. The maximum atomic E-state index is 10.4. The number of benzene rings is 2. The number of hydrogen-bond acceptors (Lipinski definition) is 3. The zero-order valence-electron chi connectivity index (χ0n) is 14.9. The first kappa shape index (κ1) is 17.4. The van der Waals surface area contributed by atoms with E-state index in [0.29, 0.717) is 0 Å². The summed E-state index contributed by atoms with van der Waals surface area (Å²) in [5.74, 6) is 0.259. The number of quaternary nitrogens is 1. The van der Waals surface area contributed by atoms with Crippen molar-refractivity contribution in [2.75, 3.05) is 19.6 Å². The number of thiocarbonyl (C=S) groups is 1. The first-order valence-electron chi connectivity index (χ1n) is 9.52. The lowest BCUT2D eigenvalue weighted by Gasteiger charge is -2.25. The van der Waals surface area contributed by atoms with Gasteiger partial charge in [0.15, 0.2) is 0 Å². The molecule has 0 radical (unpaired) electrons. The molecule has 0 bridgehead atoms. The van der Waals surface area contributed by atoms with Crippen LogP contribution in [-0.4, -0.2) is 41.4 Å². The Labute approximate surface area is 160 Å². The van der Waals surface area contributed by atoms with E-state index in [4.69, 9.17) is 17.2 Å². The van der Waals surface area contributed by atoms with E-state index in [9.17, 15) is 5.11 Å². The molecule has 2 N–H and O–H groups in total. The van der Waals surface area contributed by atoms with E-state index in [1.54, 1.807) is 11.0 Å². The summed E-state index contributed by atoms with van der Waals surface area (Å²) >= 11 is 5.92. The van der Waals surface area contributed by atoms with Crippen LogP contribution in [0.15, 0.2) is 59.6 Å². The largest absolute Gasteiger partial charge is 0.507 e. The second-order valence-corrected chi connectivity index (χ2v) is 7.78. The number of piperidine rings is 1. The number of para-hydroxylation sites is 1. The Bertz CT molecular complexity index is 812. The second kappa shape index (κ2) is 7.68. The Balaban J connectivity index is 1.69. The van der Waals surface area contributed by atoms with E-state index in [-0.39, 0.29) is 17.7 Å². The van der Waals surface area contributed by atoms with Gasteiger partial charge in [-0.15, -0.1) is 0 Å². The number of nitrogens with zero attached hydrogens (tertiary/aromatic N) is 1. The fourth-order valence-corrected chi connectivity index (χ4v) is 4.58. The number of phenolic OH excluding ortho intramolecular Hbond substituents is 1. The Morgan fingerprint density at radius 2 is 1.65 bits per heavy atom. The number of rotatable bonds is 4. The van der Waals surface area contributed by atoms with Crippen molar-refractivity contribution in [3.05, 3.63) is 65.7 Å². The molecule has 0 saturated carbocycles. The highest BCUT2D eigenvalue weighted by atomic mass is 32.1. The lowest BCUT2D eigenvalue weighted by molar-refractivity contribution is -0.904. The summed E-state index contributed by atoms with van der Waals surface area (Å²) in [7, 11) is 0. The van der Waals surface area contributed by atoms with Crippen LogP contribution in [0, 0.1) is 0 Å². The Kier molecular flexibility index (Phi) is 5.14. The van der Waals surface area contributed by atoms with Crippen molar-refractivity contribution in [1.29, 1.82) is 0 Å². The van der Waals surface area contributed by atoms with Crippen molar-refractivity contribution < 1.29 is 10.0 Å². The van der Waals surface area contributed by atoms with Gasteiger partial charge in [0.05, 0.1) is 24.7 Å². The molecular weight excluding hydrogens is 340 g/mol. The molecule has 2 atom stereocenters. The Hall–Kier alpha value is -2.04. The van der Waals surface area contributed by atoms with Crippen LogP contribution in [0.3, 0.4) is 0 Å². The van der Waals surface area contributed by atoms with Crippen LogP contribution in [0.25, 0.3) is 0 Å². The van der Waals surface area contributed by atoms with Crippen molar-refractivity contribution in [3.8, 4) is 5.75 Å². The van der Waals surface area contributed by atoms with Gasteiger partial charge in [0.2, 0.25) is 0 Å². The molecule has 134 valence electrons. The maximum absolute atomic E-state index is 10.4. The number of nitrogens with one attached hydrogen (secondary N) is 1. The normalized spacial score (nSPS) is 23.8. The van der Waals surface area contributed by atoms with Crippen molar-refractivity contribution in [2.24, 2.45) is 4.99 Å². The fraction of sp³-hybridized carbons (Fsp3) is 0.364. The third-order valence-corrected chi connectivity index (χ3v) is 6.04. The standard InChI is InChI=1S/C22H24N2OS/c25-19-12-6-5-11-17(19)21-20(16-9-3-1-4-10-16)22(26)18(23-21)15-24-13-7-2-8-14-24/h1,3-6,9-12,18,20,25H,2,7-8,13-15H2/p+1/t18-,20-/m1/s1. The van der Waals surface area contributed by atoms with Gasteiger partial charge in [-0.1, -0.05) is 54.7 Å². The van der Waals surface area contributed by atoms with Gasteiger partial charge in [-0.05, 0) is 37.0 Å². The summed E-state index contributed by atoms with van der Waals surface area (Å²) in [6, 6.07) is 17.9. The van der Waals surface area contributed by atoms with E-state index >= 15 is 0 Å². The number of likely N-dealkylation sites (tertiary alicyclic amines) is 1. The molecule has 1 saturated heterocycles. The molecule has 1 fully saturated rings. The van der Waals surface area contributed by atoms with Crippen LogP contribution in [0.1, 0.15) is 36.3 Å². The molecule has 0 aromatic heterocycles. The summed E-state index contributed by atoms with van der Waals surface area (Å²) < 4.78 is 0. The molecule has 2 aromatic rings. The van der Waals surface area contributed by atoms with Crippen LogP contribution in [0.2, 0.25) is 0 Å². The van der Waals surface area contributed by atoms with Crippen LogP contribution < -0.4 is 4.90 Å². The molecule has 2 aliphatic heterocycles. The third-order valence-electron chi connectivity index (χ3n) is 5.54. The second-order valence-electron chi connectivity index (χ2n) is 7.31. The molecule has 0 spiro atoms. The SMILES string of the molecule is Oc1ccccc1C1=N[C@H](C[NH+]2CCCCC2)C(=S)[C@@H]1c1ccccc1. The van der Waals surface area contributed by atoms with Gasteiger partial charge in [-0.2, -0.15) is 0 Å². The average Bonchev–Trinajstić information content (AvgIpc) is 3.00. The van der Waals surface area contributed by atoms with Crippen LogP contribution in [0.5, 0.6) is 5.75 Å². The number of phenols is 1. The quantitative estimate of drug-likeness (QED) is 0.818. The molecular formula is C22H25N2OS+. The minimum Gasteiger partial charge on any atom is -0.507 e. The van der Waals surface area contributed by atoms with Gasteiger partial charge in [-0.3, -0.25) is 4.99 Å². The summed E-state index contributed by atoms with van der Waals surface area (Å²) in [5.41, 5.74) is 2.89. The molecule has 4 rings (SSSR count). The molecule has 26 heavy (non-hydrogen) atoms. The van der Waals surface area contributed by atoms with E-state index in [1.165, 1.54) is 32.4 Å². The zero-order chi connectivity index (χ0) is 17.9. The van der Waals surface area contributed by atoms with Gasteiger partial charge in [-0.25, -0.2) is 0 Å². The van der Waals surface area contributed by atoms with E-state index in [0.717, 1.165) is 28.2 Å². The highest BCUT2D eigenvalue weighted by molar-refractivity contribution is 7.80. The predicted molar refractivity (Wildman–Crippen MR) is 110 cm³/mol. The number of aromatic hydroxyl groups is 1. The summed E-state index contributed by atoms with van der Waals surface area (Å²) in [6.07, 6.45) is 3.94. The van der Waals surface area contributed by atoms with Crippen molar-refractivity contribution >= 4 is 22.8 Å². The van der Waals surface area contributed by atoms with Gasteiger partial charge in [0.25, 0.3) is 0 Å². The minimum absolute atomic E-state index is 0.0197. The Morgan fingerprint density at radius 3 is 2.38 bits per heavy atom. The highest BCUT2D eigenvalue weighted by Crippen LogP contribution is 2.34. The van der Waals surface area contributed by atoms with E-state index in [1.807, 2.05) is 36.4 Å². The molecule has 0 amide bonds. The van der Waals surface area contributed by atoms with Gasteiger partial charge < -0.3 is 10.0 Å². The van der Waals surface area contributed by atoms with Crippen LogP contribution >= 0.6 is 12.2 Å². The topological polar surface area (TPSA) is 37.0 Å². The predicted octanol–water partition coefficient (Wildman–Crippen LogP) is 2.79. The van der Waals surface area contributed by atoms with Crippen LogP contribution in [0.4, 0.5) is 0 Å². The monoisotopic (exact) mass is 365 g/mol. The lowest BCUT2D eigenvalue weighted by atomic mass is 9.87. The van der Waals surface area contributed by atoms with E-state index < -0.39 is 0 Å². The van der Waals surface area contributed by atoms with Gasteiger partial charge in [0.1, 0.15) is 18.3 Å².